The third-order valence-electron chi connectivity index (χ3n) is 4.29. The van der Waals surface area contributed by atoms with Crippen LogP contribution in [0.3, 0.4) is 0 Å². The number of hydrogen-bond donors (Lipinski definition) is 0. The lowest BCUT2D eigenvalue weighted by Crippen LogP contribution is -2.05. The lowest BCUT2D eigenvalue weighted by molar-refractivity contribution is -0.0328. The summed E-state index contributed by atoms with van der Waals surface area (Å²) in [5, 5.41) is 3.78. The van der Waals surface area contributed by atoms with Crippen LogP contribution in [-0.4, -0.2) is 29.7 Å². The molecule has 28 heavy (non-hydrogen) atoms. The summed E-state index contributed by atoms with van der Waals surface area (Å²) in [5.74, 6) is 0.733. The Labute approximate surface area is 164 Å². The lowest BCUT2D eigenvalue weighted by atomic mass is 10.00. The fourth-order valence-corrected chi connectivity index (χ4v) is 3.51. The molecule has 1 saturated heterocycles. The van der Waals surface area contributed by atoms with E-state index in [4.69, 9.17) is 14.0 Å². The van der Waals surface area contributed by atoms with E-state index in [-0.39, 0.29) is 41.3 Å². The Hall–Kier alpha value is -1.84. The molecule has 2 heterocycles. The van der Waals surface area contributed by atoms with Crippen molar-refractivity contribution in [2.45, 2.75) is 42.9 Å². The van der Waals surface area contributed by atoms with Crippen molar-refractivity contribution in [3.8, 4) is 0 Å². The smallest absolute Gasteiger partial charge is 0.381 e. The predicted molar refractivity (Wildman–Crippen MR) is 95.8 cm³/mol. The summed E-state index contributed by atoms with van der Waals surface area (Å²) in [7, 11) is 0. The lowest BCUT2D eigenvalue weighted by Gasteiger charge is -2.07. The maximum absolute atomic E-state index is 12.4. The number of rotatable bonds is 9. The molecule has 0 bridgehead atoms. The SMILES string of the molecule is O=C(CCC1CCOC1)c1cc(COCc2cccc(SC(F)(F)F)c2)on1. The highest BCUT2D eigenvalue weighted by atomic mass is 32.2. The van der Waals surface area contributed by atoms with Gasteiger partial charge in [-0.05, 0) is 48.2 Å². The summed E-state index contributed by atoms with van der Waals surface area (Å²) in [6.07, 6.45) is 2.14. The molecule has 0 amide bonds. The van der Waals surface area contributed by atoms with Crippen LogP contribution in [0.25, 0.3) is 0 Å². The number of ether oxygens (including phenoxy) is 2. The number of alkyl halides is 3. The molecule has 1 fully saturated rings. The minimum Gasteiger partial charge on any atom is -0.381 e. The number of carbonyl (C=O) groups is 1. The number of Topliss-reactive ketones (excluding diaryl/α,β-unsaturated/α-hetero) is 1. The monoisotopic (exact) mass is 415 g/mol. The number of hydrogen-bond acceptors (Lipinski definition) is 6. The first-order chi connectivity index (χ1) is 13.4. The molecule has 0 saturated carbocycles. The molecule has 9 heteroatoms. The predicted octanol–water partition coefficient (Wildman–Crippen LogP) is 5.00. The first-order valence-electron chi connectivity index (χ1n) is 8.88. The van der Waals surface area contributed by atoms with Crippen molar-refractivity contribution in [2.75, 3.05) is 13.2 Å². The van der Waals surface area contributed by atoms with Gasteiger partial charge in [-0.25, -0.2) is 0 Å². The van der Waals surface area contributed by atoms with Crippen molar-refractivity contribution < 1.29 is 32.0 Å². The highest BCUT2D eigenvalue weighted by molar-refractivity contribution is 8.00. The van der Waals surface area contributed by atoms with E-state index >= 15 is 0 Å². The van der Waals surface area contributed by atoms with Gasteiger partial charge in [0, 0.05) is 30.6 Å². The molecule has 0 N–H and O–H groups in total. The van der Waals surface area contributed by atoms with E-state index in [1.165, 1.54) is 12.1 Å². The van der Waals surface area contributed by atoms with Crippen LogP contribution < -0.4 is 0 Å². The molecular formula is C19H20F3NO4S. The molecule has 152 valence electrons. The van der Waals surface area contributed by atoms with E-state index in [0.717, 1.165) is 19.4 Å². The zero-order chi connectivity index (χ0) is 20.0. The van der Waals surface area contributed by atoms with Crippen LogP contribution in [0.2, 0.25) is 0 Å². The van der Waals surface area contributed by atoms with Crippen LogP contribution >= 0.6 is 11.8 Å². The molecule has 1 aromatic heterocycles. The summed E-state index contributed by atoms with van der Waals surface area (Å²) < 4.78 is 53.2. The first-order valence-corrected chi connectivity index (χ1v) is 9.69. The Morgan fingerprint density at radius 3 is 2.89 bits per heavy atom. The van der Waals surface area contributed by atoms with Gasteiger partial charge in [0.25, 0.3) is 0 Å². The van der Waals surface area contributed by atoms with Gasteiger partial charge in [-0.15, -0.1) is 0 Å². The quantitative estimate of drug-likeness (QED) is 0.424. The van der Waals surface area contributed by atoms with Crippen molar-refractivity contribution in [2.24, 2.45) is 5.92 Å². The minimum atomic E-state index is -4.33. The largest absolute Gasteiger partial charge is 0.446 e. The van der Waals surface area contributed by atoms with Gasteiger partial charge in [-0.2, -0.15) is 13.2 Å². The van der Waals surface area contributed by atoms with Gasteiger partial charge in [0.05, 0.1) is 6.61 Å². The number of thioether (sulfide) groups is 1. The average molecular weight is 415 g/mol. The normalized spacial score (nSPS) is 17.2. The van der Waals surface area contributed by atoms with E-state index in [1.54, 1.807) is 18.2 Å². The molecule has 3 rings (SSSR count). The van der Waals surface area contributed by atoms with E-state index in [1.807, 2.05) is 0 Å². The third-order valence-corrected chi connectivity index (χ3v) is 5.01. The van der Waals surface area contributed by atoms with Crippen molar-refractivity contribution in [3.63, 3.8) is 0 Å². The summed E-state index contributed by atoms with van der Waals surface area (Å²) in [5.41, 5.74) is -3.45. The minimum absolute atomic E-state index is 0.0768. The average Bonchev–Trinajstić information content (AvgIpc) is 3.30. The standard InChI is InChI=1S/C19H20F3NO4S/c20-19(21,22)28-16-3-1-2-14(8-16)11-26-12-15-9-17(23-27-15)18(24)5-4-13-6-7-25-10-13/h1-3,8-9,13H,4-7,10-12H2. The van der Waals surface area contributed by atoms with Gasteiger partial charge < -0.3 is 14.0 Å². The number of carbonyl (C=O) groups excluding carboxylic acids is 1. The van der Waals surface area contributed by atoms with E-state index < -0.39 is 5.51 Å². The third kappa shape index (κ3) is 6.65. The number of ketones is 1. The Morgan fingerprint density at radius 1 is 1.29 bits per heavy atom. The summed E-state index contributed by atoms with van der Waals surface area (Å²) in [6, 6.07) is 7.60. The van der Waals surface area contributed by atoms with Gasteiger partial charge in [-0.1, -0.05) is 17.3 Å². The van der Waals surface area contributed by atoms with Crippen LogP contribution in [0.4, 0.5) is 13.2 Å². The van der Waals surface area contributed by atoms with Crippen LogP contribution in [0.5, 0.6) is 0 Å². The topological polar surface area (TPSA) is 61.6 Å². The molecule has 1 aromatic carbocycles. The van der Waals surface area contributed by atoms with E-state index in [2.05, 4.69) is 5.16 Å². The molecule has 0 aliphatic carbocycles. The molecule has 1 atom stereocenters. The number of benzene rings is 1. The van der Waals surface area contributed by atoms with Crippen molar-refractivity contribution in [1.29, 1.82) is 0 Å². The van der Waals surface area contributed by atoms with Crippen LogP contribution in [0, 0.1) is 5.92 Å². The van der Waals surface area contributed by atoms with Crippen LogP contribution in [0.15, 0.2) is 39.8 Å². The van der Waals surface area contributed by atoms with E-state index in [9.17, 15) is 18.0 Å². The molecule has 1 aliphatic heterocycles. The van der Waals surface area contributed by atoms with Gasteiger partial charge in [-0.3, -0.25) is 4.79 Å². The zero-order valence-corrected chi connectivity index (χ0v) is 15.9. The first kappa shape index (κ1) is 20.9. The van der Waals surface area contributed by atoms with Gasteiger partial charge >= 0.3 is 5.51 Å². The Morgan fingerprint density at radius 2 is 2.14 bits per heavy atom. The second-order valence-corrected chi connectivity index (χ2v) is 7.70. The summed E-state index contributed by atoms with van der Waals surface area (Å²) >= 11 is -0.165. The molecular weight excluding hydrogens is 395 g/mol. The Balaban J connectivity index is 1.44. The molecule has 1 unspecified atom stereocenters. The second kappa shape index (κ2) is 9.58. The van der Waals surface area contributed by atoms with Gasteiger partial charge in [0.15, 0.2) is 11.5 Å². The van der Waals surface area contributed by atoms with Crippen LogP contribution in [-0.2, 0) is 22.7 Å². The zero-order valence-electron chi connectivity index (χ0n) is 15.0. The number of aromatic nitrogens is 1. The highest BCUT2D eigenvalue weighted by Gasteiger charge is 2.29. The van der Waals surface area contributed by atoms with Gasteiger partial charge in [0.2, 0.25) is 0 Å². The second-order valence-electron chi connectivity index (χ2n) is 6.56. The Bertz CT molecular complexity index is 787. The van der Waals surface area contributed by atoms with Crippen molar-refractivity contribution in [1.82, 2.24) is 5.16 Å². The van der Waals surface area contributed by atoms with Crippen molar-refractivity contribution >= 4 is 17.5 Å². The fourth-order valence-electron chi connectivity index (χ4n) is 2.89. The fraction of sp³-hybridized carbons (Fsp3) is 0.474. The molecule has 0 spiro atoms. The van der Waals surface area contributed by atoms with Crippen LogP contribution in [0.1, 0.15) is 41.1 Å². The molecule has 2 aromatic rings. The van der Waals surface area contributed by atoms with Crippen molar-refractivity contribution in [3.05, 3.63) is 47.3 Å². The highest BCUT2D eigenvalue weighted by Crippen LogP contribution is 2.37. The maximum Gasteiger partial charge on any atom is 0.446 e. The summed E-state index contributed by atoms with van der Waals surface area (Å²) in [4.78, 5) is 12.3. The molecule has 5 nitrogen and oxygen atoms in total. The maximum atomic E-state index is 12.4. The molecule has 1 aliphatic rings. The number of halogens is 3. The Kier molecular flexibility index (Phi) is 7.14. The van der Waals surface area contributed by atoms with E-state index in [0.29, 0.717) is 30.3 Å². The summed E-state index contributed by atoms with van der Waals surface area (Å²) in [6.45, 7) is 1.65. The molecule has 0 radical (unpaired) electrons. The van der Waals surface area contributed by atoms with Gasteiger partial charge in [0.1, 0.15) is 12.3 Å². The number of nitrogens with zero attached hydrogens (tertiary/aromatic N) is 1.